The Morgan fingerprint density at radius 3 is 2.29 bits per heavy atom. The number of para-hydroxylation sites is 1. The van der Waals surface area contributed by atoms with Crippen molar-refractivity contribution in [3.8, 4) is 28.7 Å². The number of methoxy groups -OCH3 is 1. The molecule has 3 aromatic carbocycles. The van der Waals surface area contributed by atoms with Crippen LogP contribution in [0.5, 0.6) is 17.2 Å². The van der Waals surface area contributed by atoms with Crippen molar-refractivity contribution in [2.45, 2.75) is 5.22 Å². The van der Waals surface area contributed by atoms with Crippen molar-refractivity contribution in [2.75, 3.05) is 18.2 Å². The van der Waals surface area contributed by atoms with Crippen LogP contribution < -0.4 is 14.8 Å². The van der Waals surface area contributed by atoms with E-state index in [0.717, 1.165) is 17.1 Å². The highest BCUT2D eigenvalue weighted by Gasteiger charge is 2.12. The van der Waals surface area contributed by atoms with E-state index in [-0.39, 0.29) is 11.7 Å². The summed E-state index contributed by atoms with van der Waals surface area (Å²) in [5, 5.41) is 11.2. The zero-order valence-corrected chi connectivity index (χ0v) is 17.5. The standard InChI is InChI=1S/C23H19N3O4S/c1-28-18-11-7-16(8-12-18)22-25-26-23(30-22)31-15-21(27)24-17-9-13-20(14-10-17)29-19-5-3-2-4-6-19/h2-14H,15H2,1H3,(H,24,27). The van der Waals surface area contributed by atoms with Crippen molar-refractivity contribution in [1.29, 1.82) is 0 Å². The SMILES string of the molecule is COc1ccc(-c2nnc(SCC(=O)Nc3ccc(Oc4ccccc4)cc3)o2)cc1. The maximum absolute atomic E-state index is 12.2. The first kappa shape index (κ1) is 20.5. The van der Waals surface area contributed by atoms with Gasteiger partial charge in [0.15, 0.2) is 0 Å². The van der Waals surface area contributed by atoms with E-state index in [1.807, 2.05) is 54.6 Å². The molecule has 7 nitrogen and oxygen atoms in total. The molecule has 0 unspecified atom stereocenters. The molecule has 8 heteroatoms. The Balaban J connectivity index is 1.28. The maximum atomic E-state index is 12.2. The molecule has 31 heavy (non-hydrogen) atoms. The Morgan fingerprint density at radius 1 is 0.903 bits per heavy atom. The van der Waals surface area contributed by atoms with Gasteiger partial charge in [0, 0.05) is 11.3 Å². The Hall–Kier alpha value is -3.78. The van der Waals surface area contributed by atoms with Crippen LogP contribution in [0.2, 0.25) is 0 Å². The zero-order valence-electron chi connectivity index (χ0n) is 16.6. The average Bonchev–Trinajstić information content (AvgIpc) is 3.29. The molecule has 1 heterocycles. The highest BCUT2D eigenvalue weighted by atomic mass is 32.2. The maximum Gasteiger partial charge on any atom is 0.277 e. The van der Waals surface area contributed by atoms with Crippen LogP contribution in [-0.4, -0.2) is 29.0 Å². The molecule has 1 amide bonds. The molecule has 0 saturated heterocycles. The van der Waals surface area contributed by atoms with Crippen LogP contribution in [0.4, 0.5) is 5.69 Å². The molecule has 0 saturated carbocycles. The van der Waals surface area contributed by atoms with E-state index < -0.39 is 0 Å². The largest absolute Gasteiger partial charge is 0.497 e. The second-order valence-corrected chi connectivity index (χ2v) is 7.30. The third kappa shape index (κ3) is 5.64. The van der Waals surface area contributed by atoms with E-state index in [9.17, 15) is 4.79 Å². The van der Waals surface area contributed by atoms with Crippen LogP contribution in [0, 0.1) is 0 Å². The number of carbonyl (C=O) groups is 1. The second-order valence-electron chi connectivity index (χ2n) is 6.38. The smallest absolute Gasteiger partial charge is 0.277 e. The number of hydrogen-bond acceptors (Lipinski definition) is 7. The third-order valence-electron chi connectivity index (χ3n) is 4.19. The van der Waals surface area contributed by atoms with Crippen LogP contribution >= 0.6 is 11.8 Å². The molecule has 0 fully saturated rings. The van der Waals surface area contributed by atoms with Crippen molar-refractivity contribution in [1.82, 2.24) is 10.2 Å². The second kappa shape index (κ2) is 9.82. The molecule has 4 aromatic rings. The lowest BCUT2D eigenvalue weighted by Crippen LogP contribution is -2.13. The Kier molecular flexibility index (Phi) is 6.49. The quantitative estimate of drug-likeness (QED) is 0.379. The normalized spacial score (nSPS) is 10.5. The fourth-order valence-electron chi connectivity index (χ4n) is 2.67. The van der Waals surface area contributed by atoms with Gasteiger partial charge in [-0.2, -0.15) is 0 Å². The number of aromatic nitrogens is 2. The summed E-state index contributed by atoms with van der Waals surface area (Å²) in [6.07, 6.45) is 0. The fraction of sp³-hybridized carbons (Fsp3) is 0.0870. The Labute approximate surface area is 183 Å². The molecular weight excluding hydrogens is 414 g/mol. The Morgan fingerprint density at radius 2 is 1.58 bits per heavy atom. The van der Waals surface area contributed by atoms with Gasteiger partial charge >= 0.3 is 0 Å². The van der Waals surface area contributed by atoms with E-state index in [1.165, 1.54) is 11.8 Å². The van der Waals surface area contributed by atoms with Crippen LogP contribution in [0.3, 0.4) is 0 Å². The number of carbonyl (C=O) groups excluding carboxylic acids is 1. The molecule has 0 spiro atoms. The number of ether oxygens (including phenoxy) is 2. The molecule has 0 aliphatic carbocycles. The summed E-state index contributed by atoms with van der Waals surface area (Å²) in [5.74, 6) is 2.55. The van der Waals surface area contributed by atoms with Gasteiger partial charge in [-0.05, 0) is 60.7 Å². The first-order valence-electron chi connectivity index (χ1n) is 9.43. The average molecular weight is 433 g/mol. The van der Waals surface area contributed by atoms with Gasteiger partial charge in [-0.3, -0.25) is 4.79 Å². The monoisotopic (exact) mass is 433 g/mol. The van der Waals surface area contributed by atoms with Gasteiger partial charge in [-0.25, -0.2) is 0 Å². The predicted molar refractivity (Wildman–Crippen MR) is 119 cm³/mol. The van der Waals surface area contributed by atoms with Gasteiger partial charge in [-0.1, -0.05) is 30.0 Å². The van der Waals surface area contributed by atoms with Crippen molar-refractivity contribution >= 4 is 23.4 Å². The minimum atomic E-state index is -0.175. The molecule has 0 aliphatic heterocycles. The number of anilines is 1. The summed E-state index contributed by atoms with van der Waals surface area (Å²) < 4.78 is 16.5. The highest BCUT2D eigenvalue weighted by Crippen LogP contribution is 2.26. The van der Waals surface area contributed by atoms with Gasteiger partial charge in [0.25, 0.3) is 5.22 Å². The number of rotatable bonds is 8. The van der Waals surface area contributed by atoms with Gasteiger partial charge in [0.05, 0.1) is 12.9 Å². The summed E-state index contributed by atoms with van der Waals surface area (Å²) >= 11 is 1.17. The van der Waals surface area contributed by atoms with Crippen LogP contribution in [0.15, 0.2) is 88.5 Å². The lowest BCUT2D eigenvalue weighted by Gasteiger charge is -2.07. The molecule has 0 bridgehead atoms. The van der Waals surface area contributed by atoms with Crippen molar-refractivity contribution in [2.24, 2.45) is 0 Å². The lowest BCUT2D eigenvalue weighted by atomic mass is 10.2. The van der Waals surface area contributed by atoms with E-state index in [1.54, 1.807) is 31.4 Å². The highest BCUT2D eigenvalue weighted by molar-refractivity contribution is 7.99. The first-order valence-corrected chi connectivity index (χ1v) is 10.4. The molecule has 1 N–H and O–H groups in total. The first-order chi connectivity index (χ1) is 15.2. The zero-order chi connectivity index (χ0) is 21.5. The molecule has 156 valence electrons. The van der Waals surface area contributed by atoms with Gasteiger partial charge in [-0.15, -0.1) is 10.2 Å². The number of nitrogens with zero attached hydrogens (tertiary/aromatic N) is 2. The molecule has 1 aromatic heterocycles. The molecule has 0 atom stereocenters. The number of benzene rings is 3. The third-order valence-corrected chi connectivity index (χ3v) is 5.01. The summed E-state index contributed by atoms with van der Waals surface area (Å²) in [7, 11) is 1.61. The summed E-state index contributed by atoms with van der Waals surface area (Å²) in [6, 6.07) is 24.0. The van der Waals surface area contributed by atoms with Crippen molar-refractivity contribution in [3.63, 3.8) is 0 Å². The van der Waals surface area contributed by atoms with Crippen molar-refractivity contribution in [3.05, 3.63) is 78.9 Å². The van der Waals surface area contributed by atoms with Crippen LogP contribution in [0.25, 0.3) is 11.5 Å². The number of thioether (sulfide) groups is 1. The molecule has 4 rings (SSSR count). The minimum Gasteiger partial charge on any atom is -0.497 e. The predicted octanol–water partition coefficient (Wildman–Crippen LogP) is 5.27. The lowest BCUT2D eigenvalue weighted by molar-refractivity contribution is -0.113. The fourth-order valence-corrected chi connectivity index (χ4v) is 3.24. The Bertz CT molecular complexity index is 1130. The summed E-state index contributed by atoms with van der Waals surface area (Å²) in [4.78, 5) is 12.2. The van der Waals surface area contributed by atoms with Gasteiger partial charge < -0.3 is 19.2 Å². The van der Waals surface area contributed by atoms with Crippen LogP contribution in [0.1, 0.15) is 0 Å². The van der Waals surface area contributed by atoms with E-state index in [0.29, 0.717) is 22.6 Å². The molecule has 0 radical (unpaired) electrons. The van der Waals surface area contributed by atoms with E-state index in [4.69, 9.17) is 13.9 Å². The van der Waals surface area contributed by atoms with Crippen LogP contribution in [-0.2, 0) is 4.79 Å². The number of hydrogen-bond donors (Lipinski definition) is 1. The number of amides is 1. The summed E-state index contributed by atoms with van der Waals surface area (Å²) in [5.41, 5.74) is 1.46. The minimum absolute atomic E-state index is 0.145. The summed E-state index contributed by atoms with van der Waals surface area (Å²) in [6.45, 7) is 0. The van der Waals surface area contributed by atoms with Gasteiger partial charge in [0.2, 0.25) is 11.8 Å². The topological polar surface area (TPSA) is 86.5 Å². The van der Waals surface area contributed by atoms with E-state index >= 15 is 0 Å². The van der Waals surface area contributed by atoms with E-state index in [2.05, 4.69) is 15.5 Å². The molecular formula is C23H19N3O4S. The number of nitrogens with one attached hydrogen (secondary N) is 1. The molecule has 0 aliphatic rings. The van der Waals surface area contributed by atoms with Gasteiger partial charge in [0.1, 0.15) is 17.2 Å². The van der Waals surface area contributed by atoms with Crippen molar-refractivity contribution < 1.29 is 18.7 Å².